The number of hydrogen-bond acceptors (Lipinski definition) is 3. The average molecular weight is 392 g/mol. The fourth-order valence-electron chi connectivity index (χ4n) is 5.12. The molecule has 1 saturated carbocycles. The van der Waals surface area contributed by atoms with E-state index in [4.69, 9.17) is 0 Å². The Morgan fingerprint density at radius 1 is 1.14 bits per heavy atom. The van der Waals surface area contributed by atoms with E-state index < -0.39 is 5.54 Å². The Morgan fingerprint density at radius 3 is 2.52 bits per heavy atom. The Labute approximate surface area is 172 Å². The largest absolute Gasteiger partial charge is 0.332 e. The zero-order valence-corrected chi connectivity index (χ0v) is 17.2. The number of rotatable bonds is 4. The summed E-state index contributed by atoms with van der Waals surface area (Å²) in [5.41, 5.74) is 1.82. The molecule has 1 N–H and O–H groups in total. The molecule has 5 nitrogen and oxygen atoms in total. The summed E-state index contributed by atoms with van der Waals surface area (Å²) >= 11 is 0. The summed E-state index contributed by atoms with van der Waals surface area (Å²) in [6.45, 7) is 4.94. The van der Waals surface area contributed by atoms with Gasteiger partial charge in [-0.1, -0.05) is 51.3 Å². The molecule has 2 amide bonds. The molecule has 152 valence electrons. The van der Waals surface area contributed by atoms with Crippen LogP contribution in [0.25, 0.3) is 0 Å². The first-order valence-electron chi connectivity index (χ1n) is 10.6. The molecule has 0 saturated heterocycles. The summed E-state index contributed by atoms with van der Waals surface area (Å²) < 4.78 is 0. The first-order valence-corrected chi connectivity index (χ1v) is 10.6. The zero-order valence-electron chi connectivity index (χ0n) is 17.2. The number of nitrogens with zero attached hydrogens (tertiary/aromatic N) is 2. The Bertz CT molecular complexity index is 888. The van der Waals surface area contributed by atoms with Crippen LogP contribution in [0.4, 0.5) is 5.69 Å². The second kappa shape index (κ2) is 7.97. The molecule has 5 heteroatoms. The average Bonchev–Trinajstić information content (AvgIpc) is 2.72. The van der Waals surface area contributed by atoms with Gasteiger partial charge < -0.3 is 10.2 Å². The van der Waals surface area contributed by atoms with Crippen molar-refractivity contribution in [1.29, 1.82) is 0 Å². The molecule has 0 radical (unpaired) electrons. The summed E-state index contributed by atoms with van der Waals surface area (Å²) in [7, 11) is 0. The smallest absolute Gasteiger partial charge is 0.254 e. The van der Waals surface area contributed by atoms with E-state index in [1.807, 2.05) is 29.2 Å². The number of amides is 2. The fraction of sp³-hybridized carbons (Fsp3) is 0.458. The Hall–Kier alpha value is -2.69. The summed E-state index contributed by atoms with van der Waals surface area (Å²) in [5, 5.41) is 3.10. The monoisotopic (exact) mass is 391 g/mol. The molecule has 0 bridgehead atoms. The van der Waals surface area contributed by atoms with Gasteiger partial charge in [0.25, 0.3) is 5.91 Å². The van der Waals surface area contributed by atoms with Crippen LogP contribution in [-0.2, 0) is 4.79 Å². The minimum atomic E-state index is -0.453. The minimum absolute atomic E-state index is 0.0354. The van der Waals surface area contributed by atoms with Gasteiger partial charge in [0, 0.05) is 30.2 Å². The van der Waals surface area contributed by atoms with Crippen LogP contribution in [0, 0.1) is 5.92 Å². The first kappa shape index (κ1) is 19.6. The Morgan fingerprint density at radius 2 is 1.83 bits per heavy atom. The molecule has 2 aliphatic rings. The number of pyridine rings is 1. The van der Waals surface area contributed by atoms with E-state index in [-0.39, 0.29) is 17.7 Å². The van der Waals surface area contributed by atoms with Gasteiger partial charge >= 0.3 is 0 Å². The van der Waals surface area contributed by atoms with Gasteiger partial charge in [-0.3, -0.25) is 14.6 Å². The number of aromatic nitrogens is 1. The van der Waals surface area contributed by atoms with E-state index in [0.29, 0.717) is 18.0 Å². The molecule has 1 spiro atoms. The summed E-state index contributed by atoms with van der Waals surface area (Å²) in [6.07, 6.45) is 8.34. The second-order valence-electron chi connectivity index (χ2n) is 8.72. The second-order valence-corrected chi connectivity index (χ2v) is 8.72. The predicted molar refractivity (Wildman–Crippen MR) is 114 cm³/mol. The van der Waals surface area contributed by atoms with E-state index in [0.717, 1.165) is 43.4 Å². The summed E-state index contributed by atoms with van der Waals surface area (Å²) in [6, 6.07) is 11.3. The highest BCUT2D eigenvalue weighted by Gasteiger charge is 2.54. The van der Waals surface area contributed by atoms with Crippen LogP contribution in [-0.4, -0.2) is 33.8 Å². The normalized spacial score (nSPS) is 20.6. The third-order valence-corrected chi connectivity index (χ3v) is 6.30. The van der Waals surface area contributed by atoms with E-state index in [1.54, 1.807) is 24.5 Å². The maximum atomic E-state index is 13.7. The van der Waals surface area contributed by atoms with E-state index in [2.05, 4.69) is 24.1 Å². The molecule has 1 atom stereocenters. The summed E-state index contributed by atoms with van der Waals surface area (Å²) in [4.78, 5) is 33.3. The van der Waals surface area contributed by atoms with Crippen LogP contribution in [0.15, 0.2) is 48.8 Å². The van der Waals surface area contributed by atoms with Gasteiger partial charge in [0.1, 0.15) is 0 Å². The van der Waals surface area contributed by atoms with Crippen molar-refractivity contribution in [1.82, 2.24) is 9.88 Å². The standard InChI is InChI=1S/C24H29N3O2/c1-17(2)16-27-23(29)20-9-5-4-8-19(20)21(24(27)12-6-3-7-13-24)22(28)26-18-10-14-25-15-11-18/h4-5,8-11,14-15,17,21H,3,6-7,12-13,16H2,1-2H3,(H,25,26,28). The van der Waals surface area contributed by atoms with Crippen molar-refractivity contribution in [2.45, 2.75) is 57.4 Å². The molecule has 29 heavy (non-hydrogen) atoms. The zero-order chi connectivity index (χ0) is 20.4. The van der Waals surface area contributed by atoms with Gasteiger partial charge in [-0.2, -0.15) is 0 Å². The predicted octanol–water partition coefficient (Wildman–Crippen LogP) is 4.62. The molecule has 2 heterocycles. The SMILES string of the molecule is CC(C)CN1C(=O)c2ccccc2C(C(=O)Nc2ccncc2)C12CCCCC2. The highest BCUT2D eigenvalue weighted by molar-refractivity contribution is 6.05. The number of carbonyl (C=O) groups excluding carboxylic acids is 2. The topological polar surface area (TPSA) is 62.3 Å². The molecule has 1 aromatic heterocycles. The molecular formula is C24H29N3O2. The molecule has 4 rings (SSSR count). The third-order valence-electron chi connectivity index (χ3n) is 6.30. The third kappa shape index (κ3) is 3.54. The number of carbonyl (C=O) groups is 2. The van der Waals surface area contributed by atoms with Crippen molar-refractivity contribution >= 4 is 17.5 Å². The molecule has 1 unspecified atom stereocenters. The number of fused-ring (bicyclic) bond motifs is 1. The Balaban J connectivity index is 1.83. The molecule has 1 aliphatic heterocycles. The van der Waals surface area contributed by atoms with Crippen LogP contribution in [0.1, 0.15) is 67.8 Å². The van der Waals surface area contributed by atoms with Gasteiger partial charge in [-0.05, 0) is 42.5 Å². The van der Waals surface area contributed by atoms with Crippen molar-refractivity contribution < 1.29 is 9.59 Å². The van der Waals surface area contributed by atoms with Crippen molar-refractivity contribution in [3.05, 3.63) is 59.9 Å². The molecular weight excluding hydrogens is 362 g/mol. The highest BCUT2D eigenvalue weighted by Crippen LogP contribution is 2.49. The molecule has 1 aliphatic carbocycles. The number of nitrogens with one attached hydrogen (secondary N) is 1. The first-order chi connectivity index (χ1) is 14.0. The maximum Gasteiger partial charge on any atom is 0.254 e. The van der Waals surface area contributed by atoms with E-state index in [1.165, 1.54) is 0 Å². The van der Waals surface area contributed by atoms with Gasteiger partial charge in [-0.15, -0.1) is 0 Å². The number of benzene rings is 1. The minimum Gasteiger partial charge on any atom is -0.332 e. The van der Waals surface area contributed by atoms with Crippen molar-refractivity contribution in [3.63, 3.8) is 0 Å². The summed E-state index contributed by atoms with van der Waals surface area (Å²) in [5.74, 6) is 0.00602. The van der Waals surface area contributed by atoms with Crippen LogP contribution >= 0.6 is 0 Å². The van der Waals surface area contributed by atoms with Crippen molar-refractivity contribution in [2.24, 2.45) is 5.92 Å². The molecule has 2 aromatic rings. The maximum absolute atomic E-state index is 13.7. The van der Waals surface area contributed by atoms with E-state index in [9.17, 15) is 9.59 Å². The number of anilines is 1. The lowest BCUT2D eigenvalue weighted by Gasteiger charge is -2.54. The lowest BCUT2D eigenvalue weighted by atomic mass is 9.65. The van der Waals surface area contributed by atoms with Crippen molar-refractivity contribution in [2.75, 3.05) is 11.9 Å². The van der Waals surface area contributed by atoms with Gasteiger partial charge in [-0.25, -0.2) is 0 Å². The van der Waals surface area contributed by atoms with Gasteiger partial charge in [0.2, 0.25) is 5.91 Å². The van der Waals surface area contributed by atoms with Crippen LogP contribution in [0.5, 0.6) is 0 Å². The lowest BCUT2D eigenvalue weighted by Crippen LogP contribution is -2.62. The van der Waals surface area contributed by atoms with Crippen LogP contribution in [0.3, 0.4) is 0 Å². The fourth-order valence-corrected chi connectivity index (χ4v) is 5.12. The van der Waals surface area contributed by atoms with Crippen molar-refractivity contribution in [3.8, 4) is 0 Å². The Kier molecular flexibility index (Phi) is 5.39. The molecule has 1 aromatic carbocycles. The highest BCUT2D eigenvalue weighted by atomic mass is 16.2. The quantitative estimate of drug-likeness (QED) is 0.827. The van der Waals surface area contributed by atoms with Gasteiger partial charge in [0.05, 0.1) is 11.5 Å². The van der Waals surface area contributed by atoms with E-state index >= 15 is 0 Å². The van der Waals surface area contributed by atoms with Crippen LogP contribution < -0.4 is 5.32 Å². The molecule has 1 fully saturated rings. The van der Waals surface area contributed by atoms with Gasteiger partial charge in [0.15, 0.2) is 0 Å². The van der Waals surface area contributed by atoms with Crippen LogP contribution in [0.2, 0.25) is 0 Å². The lowest BCUT2D eigenvalue weighted by molar-refractivity contribution is -0.122. The number of hydrogen-bond donors (Lipinski definition) is 1.